The molecule has 0 radical (unpaired) electrons. The third kappa shape index (κ3) is 6.16. The molecular weight excluding hydrogens is 345 g/mol. The van der Waals surface area contributed by atoms with Gasteiger partial charge in [-0.3, -0.25) is 10.1 Å². The summed E-state index contributed by atoms with van der Waals surface area (Å²) in [5.74, 6) is -1.63. The average molecular weight is 357 g/mol. The van der Waals surface area contributed by atoms with Crippen molar-refractivity contribution in [3.05, 3.63) is 33.9 Å². The minimum atomic E-state index is -1.64. The monoisotopic (exact) mass is 357 g/mol. The van der Waals surface area contributed by atoms with Crippen LogP contribution in [0.2, 0.25) is 0 Å². The number of carboxylic acid groups (broad SMARTS) is 1. The maximum atomic E-state index is 11.0. The molecule has 0 aliphatic rings. The molecule has 0 aliphatic heterocycles. The van der Waals surface area contributed by atoms with Crippen LogP contribution in [0.3, 0.4) is 0 Å². The summed E-state index contributed by atoms with van der Waals surface area (Å²) >= 11 is 4.70. The molecule has 21 heavy (non-hydrogen) atoms. The van der Waals surface area contributed by atoms with E-state index in [1.54, 1.807) is 0 Å². The van der Waals surface area contributed by atoms with E-state index in [1.807, 2.05) is 0 Å². The number of aliphatic hydroxyl groups is 2. The van der Waals surface area contributed by atoms with Crippen LogP contribution >= 0.6 is 24.4 Å². The maximum Gasteiger partial charge on any atom is 1.00 e. The molecule has 0 aliphatic carbocycles. The summed E-state index contributed by atoms with van der Waals surface area (Å²) < 4.78 is 0. The van der Waals surface area contributed by atoms with Gasteiger partial charge in [0.1, 0.15) is 0 Å². The Labute approximate surface area is 173 Å². The van der Waals surface area contributed by atoms with Crippen molar-refractivity contribution in [2.75, 3.05) is 11.5 Å². The summed E-state index contributed by atoms with van der Waals surface area (Å²) in [5, 5.41) is 40.7. The molecule has 2 N–H and O–H groups in total. The average Bonchev–Trinajstić information content (AvgIpc) is 2.42. The fraction of sp³-hybridized carbons (Fsp3) is 0.364. The van der Waals surface area contributed by atoms with Crippen LogP contribution in [0, 0.1) is 10.1 Å². The zero-order valence-electron chi connectivity index (χ0n) is 11.1. The number of rotatable bonds is 7. The number of carbonyl (C=O) groups excluding carboxylic acids is 1. The van der Waals surface area contributed by atoms with Crippen molar-refractivity contribution in [1.82, 2.24) is 0 Å². The van der Waals surface area contributed by atoms with Gasteiger partial charge in [-0.25, -0.2) is 0 Å². The Bertz CT molecular complexity index is 515. The second kappa shape index (κ2) is 10.2. The van der Waals surface area contributed by atoms with E-state index in [0.29, 0.717) is 0 Å². The first-order valence-corrected chi connectivity index (χ1v) is 7.08. The van der Waals surface area contributed by atoms with E-state index in [2.05, 4.69) is 12.6 Å². The molecule has 2 unspecified atom stereocenters. The van der Waals surface area contributed by atoms with Gasteiger partial charge in [-0.15, -0.1) is 11.8 Å². The van der Waals surface area contributed by atoms with Crippen molar-refractivity contribution in [2.24, 2.45) is 0 Å². The second-order valence-corrected chi connectivity index (χ2v) is 5.25. The summed E-state index contributed by atoms with van der Waals surface area (Å²) in [6.45, 7) is 0. The van der Waals surface area contributed by atoms with Crippen LogP contribution in [0.1, 0.15) is 10.4 Å². The zero-order chi connectivity index (χ0) is 15.3. The Morgan fingerprint density at radius 2 is 2.00 bits per heavy atom. The SMILES string of the molecule is O=C([O-])c1cccc(SCC(O)C(O)CS)c1[N+](=O)[O-].[K+]. The Morgan fingerprint density at radius 1 is 1.38 bits per heavy atom. The Balaban J connectivity index is 0.00000400. The first-order valence-electron chi connectivity index (χ1n) is 5.47. The first-order chi connectivity index (χ1) is 9.38. The topological polar surface area (TPSA) is 124 Å². The summed E-state index contributed by atoms with van der Waals surface area (Å²) in [6, 6.07) is 3.80. The number of nitrogens with zero attached hydrogens (tertiary/aromatic N) is 1. The maximum absolute atomic E-state index is 11.0. The predicted molar refractivity (Wildman–Crippen MR) is 74.0 cm³/mol. The van der Waals surface area contributed by atoms with Crippen LogP contribution in [0.5, 0.6) is 0 Å². The predicted octanol–water partition coefficient (Wildman–Crippen LogP) is -3.29. The van der Waals surface area contributed by atoms with Crippen LogP contribution in [0.25, 0.3) is 0 Å². The van der Waals surface area contributed by atoms with E-state index < -0.39 is 34.4 Å². The Morgan fingerprint density at radius 3 is 2.48 bits per heavy atom. The minimum absolute atomic E-state index is 0. The van der Waals surface area contributed by atoms with Gasteiger partial charge in [0.2, 0.25) is 0 Å². The molecule has 110 valence electrons. The number of thiol groups is 1. The van der Waals surface area contributed by atoms with E-state index in [0.717, 1.165) is 17.8 Å². The molecule has 0 saturated carbocycles. The van der Waals surface area contributed by atoms with Crippen LogP contribution in [0.15, 0.2) is 23.1 Å². The molecule has 0 bridgehead atoms. The number of aliphatic hydroxyl groups excluding tert-OH is 2. The van der Waals surface area contributed by atoms with Gasteiger partial charge < -0.3 is 20.1 Å². The number of hydrogen-bond acceptors (Lipinski definition) is 8. The number of nitro benzene ring substituents is 1. The molecule has 0 aromatic heterocycles. The second-order valence-electron chi connectivity index (χ2n) is 3.83. The van der Waals surface area contributed by atoms with Gasteiger partial charge in [-0.05, 0) is 12.1 Å². The van der Waals surface area contributed by atoms with E-state index in [-0.39, 0.29) is 67.8 Å². The van der Waals surface area contributed by atoms with E-state index in [1.165, 1.54) is 12.1 Å². The van der Waals surface area contributed by atoms with Gasteiger partial charge in [-0.2, -0.15) is 12.6 Å². The van der Waals surface area contributed by atoms with E-state index >= 15 is 0 Å². The molecule has 7 nitrogen and oxygen atoms in total. The number of carboxylic acids is 1. The summed E-state index contributed by atoms with van der Waals surface area (Å²) in [4.78, 5) is 21.1. The number of para-hydroxylation sites is 1. The van der Waals surface area contributed by atoms with Crippen molar-refractivity contribution in [3.63, 3.8) is 0 Å². The molecule has 0 amide bonds. The van der Waals surface area contributed by atoms with Crippen LogP contribution in [-0.4, -0.2) is 44.8 Å². The Kier molecular flexibility index (Phi) is 10.4. The van der Waals surface area contributed by atoms with Crippen molar-refractivity contribution >= 4 is 36.0 Å². The van der Waals surface area contributed by atoms with Crippen molar-refractivity contribution < 1.29 is 76.4 Å². The van der Waals surface area contributed by atoms with Crippen molar-refractivity contribution in [1.29, 1.82) is 0 Å². The largest absolute Gasteiger partial charge is 1.00 e. The smallest absolute Gasteiger partial charge is 0.545 e. The first kappa shape index (κ1) is 21.3. The van der Waals surface area contributed by atoms with Gasteiger partial charge in [0.15, 0.2) is 0 Å². The van der Waals surface area contributed by atoms with Crippen molar-refractivity contribution in [2.45, 2.75) is 17.1 Å². The molecule has 0 saturated heterocycles. The van der Waals surface area contributed by atoms with Gasteiger partial charge in [0, 0.05) is 11.5 Å². The van der Waals surface area contributed by atoms with Gasteiger partial charge in [0.05, 0.1) is 33.6 Å². The van der Waals surface area contributed by atoms with Crippen LogP contribution in [0.4, 0.5) is 5.69 Å². The normalized spacial score (nSPS) is 13.1. The van der Waals surface area contributed by atoms with E-state index in [9.17, 15) is 30.2 Å². The van der Waals surface area contributed by atoms with Crippen LogP contribution in [-0.2, 0) is 0 Å². The third-order valence-corrected chi connectivity index (χ3v) is 3.97. The molecular formula is C11H12KNO6S2. The number of carbonyl (C=O) groups is 1. The molecule has 1 aromatic rings. The van der Waals surface area contributed by atoms with Gasteiger partial charge >= 0.3 is 51.4 Å². The third-order valence-electron chi connectivity index (χ3n) is 2.44. The molecule has 10 heteroatoms. The molecule has 0 spiro atoms. The minimum Gasteiger partial charge on any atom is -0.545 e. The molecule has 0 fully saturated rings. The van der Waals surface area contributed by atoms with Gasteiger partial charge in [-0.1, -0.05) is 6.07 Å². The number of hydrogen-bond donors (Lipinski definition) is 3. The molecule has 1 aromatic carbocycles. The Hall–Kier alpha value is 0.346. The molecule has 0 heterocycles. The molecule has 1 rings (SSSR count). The molecule has 2 atom stereocenters. The number of benzene rings is 1. The van der Waals surface area contributed by atoms with Gasteiger partial charge in [0.25, 0.3) is 5.69 Å². The fourth-order valence-corrected chi connectivity index (χ4v) is 2.71. The summed E-state index contributed by atoms with van der Waals surface area (Å²) in [5.41, 5.74) is -1.10. The summed E-state index contributed by atoms with van der Waals surface area (Å²) in [6.07, 6.45) is -2.18. The standard InChI is InChI=1S/C11H13NO6S2.K/c13-7(4-19)8(14)5-20-9-3-1-2-6(11(15)16)10(9)12(17)18;/h1-3,7-8,13-14,19H,4-5H2,(H,15,16);/q;+1/p-1. The number of thioether (sulfide) groups is 1. The van der Waals surface area contributed by atoms with Crippen LogP contribution < -0.4 is 56.5 Å². The zero-order valence-corrected chi connectivity index (χ0v) is 16.0. The van der Waals surface area contributed by atoms with Crippen molar-refractivity contribution in [3.8, 4) is 0 Å². The number of aromatic carboxylic acids is 1. The quantitative estimate of drug-likeness (QED) is 0.154. The fourth-order valence-electron chi connectivity index (χ4n) is 1.40. The van der Waals surface area contributed by atoms with E-state index in [4.69, 9.17) is 0 Å². The summed E-state index contributed by atoms with van der Waals surface area (Å²) in [7, 11) is 0. The number of nitro groups is 1.